The average Bonchev–Trinajstić information content (AvgIpc) is 2.87. The lowest BCUT2D eigenvalue weighted by atomic mass is 10.1. The molecule has 0 fully saturated rings. The summed E-state index contributed by atoms with van der Waals surface area (Å²) in [5.41, 5.74) is 1.55. The third kappa shape index (κ3) is 3.83. The van der Waals surface area contributed by atoms with Crippen LogP contribution in [0, 0.1) is 6.92 Å². The van der Waals surface area contributed by atoms with Crippen molar-refractivity contribution in [3.05, 3.63) is 52.6 Å². The number of H-pyrrole nitrogens is 1. The normalized spacial score (nSPS) is 10.4. The summed E-state index contributed by atoms with van der Waals surface area (Å²) < 4.78 is 0. The third-order valence-electron chi connectivity index (χ3n) is 2.86. The first kappa shape index (κ1) is 13.6. The molecule has 2 aromatic rings. The fourth-order valence-electron chi connectivity index (χ4n) is 1.87. The van der Waals surface area contributed by atoms with Crippen LogP contribution in [0.5, 0.6) is 0 Å². The quantitative estimate of drug-likeness (QED) is 0.826. The second-order valence-electron chi connectivity index (χ2n) is 4.35. The van der Waals surface area contributed by atoms with Crippen molar-refractivity contribution in [2.24, 2.45) is 0 Å². The number of imidazole rings is 1. The predicted molar refractivity (Wildman–Crippen MR) is 75.4 cm³/mol. The molecule has 0 saturated carbocycles. The monoisotopic (exact) mass is 277 g/mol. The van der Waals surface area contributed by atoms with Crippen molar-refractivity contribution < 1.29 is 4.79 Å². The SMILES string of the molecule is Cc1cc(Cl)ccc1C(=O)NCCCc1ncc[nH]1. The van der Waals surface area contributed by atoms with Crippen LogP contribution in [0.25, 0.3) is 0 Å². The van der Waals surface area contributed by atoms with E-state index in [2.05, 4.69) is 15.3 Å². The molecule has 4 nitrogen and oxygen atoms in total. The number of aryl methyl sites for hydroxylation is 2. The summed E-state index contributed by atoms with van der Waals surface area (Å²) in [6.07, 6.45) is 5.20. The van der Waals surface area contributed by atoms with Gasteiger partial charge in [0.2, 0.25) is 0 Å². The fourth-order valence-corrected chi connectivity index (χ4v) is 2.10. The number of nitrogens with zero attached hydrogens (tertiary/aromatic N) is 1. The number of halogens is 1. The first-order chi connectivity index (χ1) is 9.16. The summed E-state index contributed by atoms with van der Waals surface area (Å²) >= 11 is 5.86. The minimum Gasteiger partial charge on any atom is -0.352 e. The molecule has 0 saturated heterocycles. The van der Waals surface area contributed by atoms with Gasteiger partial charge in [0.05, 0.1) is 0 Å². The van der Waals surface area contributed by atoms with Crippen LogP contribution in [-0.4, -0.2) is 22.4 Å². The molecule has 1 heterocycles. The van der Waals surface area contributed by atoms with Crippen molar-refractivity contribution >= 4 is 17.5 Å². The number of nitrogens with one attached hydrogen (secondary N) is 2. The Balaban J connectivity index is 1.81. The van der Waals surface area contributed by atoms with Crippen LogP contribution in [0.3, 0.4) is 0 Å². The largest absolute Gasteiger partial charge is 0.352 e. The molecule has 2 rings (SSSR count). The molecule has 1 aromatic carbocycles. The zero-order valence-corrected chi connectivity index (χ0v) is 11.5. The van der Waals surface area contributed by atoms with E-state index >= 15 is 0 Å². The van der Waals surface area contributed by atoms with E-state index in [-0.39, 0.29) is 5.91 Å². The summed E-state index contributed by atoms with van der Waals surface area (Å²) in [5, 5.41) is 3.54. The molecule has 0 aliphatic rings. The Bertz CT molecular complexity index is 552. The Morgan fingerprint density at radius 3 is 3.00 bits per heavy atom. The molecule has 0 atom stereocenters. The summed E-state index contributed by atoms with van der Waals surface area (Å²) in [6, 6.07) is 5.27. The number of hydrogen-bond donors (Lipinski definition) is 2. The molecule has 5 heteroatoms. The Morgan fingerprint density at radius 2 is 2.32 bits per heavy atom. The highest BCUT2D eigenvalue weighted by Gasteiger charge is 2.08. The summed E-state index contributed by atoms with van der Waals surface area (Å²) in [6.45, 7) is 2.51. The minimum atomic E-state index is -0.0615. The van der Waals surface area contributed by atoms with Gasteiger partial charge in [-0.05, 0) is 37.1 Å². The lowest BCUT2D eigenvalue weighted by molar-refractivity contribution is 0.0952. The summed E-state index contributed by atoms with van der Waals surface area (Å²) in [7, 11) is 0. The second kappa shape index (κ2) is 6.38. The van der Waals surface area contributed by atoms with Crippen LogP contribution in [-0.2, 0) is 6.42 Å². The maximum Gasteiger partial charge on any atom is 0.251 e. The molecule has 0 bridgehead atoms. The zero-order valence-electron chi connectivity index (χ0n) is 10.7. The first-order valence-corrected chi connectivity index (χ1v) is 6.57. The number of rotatable bonds is 5. The van der Waals surface area contributed by atoms with Gasteiger partial charge in [-0.15, -0.1) is 0 Å². The average molecular weight is 278 g/mol. The van der Waals surface area contributed by atoms with Gasteiger partial charge in [-0.1, -0.05) is 11.6 Å². The van der Waals surface area contributed by atoms with Gasteiger partial charge < -0.3 is 10.3 Å². The predicted octanol–water partition coefficient (Wildman–Crippen LogP) is 2.73. The molecule has 0 aliphatic heterocycles. The number of hydrogen-bond acceptors (Lipinski definition) is 2. The van der Waals surface area contributed by atoms with Crippen molar-refractivity contribution in [2.45, 2.75) is 19.8 Å². The Morgan fingerprint density at radius 1 is 1.47 bits per heavy atom. The molecule has 1 amide bonds. The van der Waals surface area contributed by atoms with Crippen molar-refractivity contribution in [3.8, 4) is 0 Å². The van der Waals surface area contributed by atoms with Gasteiger partial charge in [0, 0.05) is 35.9 Å². The molecule has 0 aliphatic carbocycles. The molecule has 0 radical (unpaired) electrons. The maximum absolute atomic E-state index is 12.0. The van der Waals surface area contributed by atoms with E-state index < -0.39 is 0 Å². The van der Waals surface area contributed by atoms with Gasteiger partial charge in [0.25, 0.3) is 5.91 Å². The number of aromatic amines is 1. The van der Waals surface area contributed by atoms with Crippen molar-refractivity contribution in [1.29, 1.82) is 0 Å². The van der Waals surface area contributed by atoms with E-state index in [0.717, 1.165) is 24.2 Å². The van der Waals surface area contributed by atoms with Crippen LogP contribution in [0.1, 0.15) is 28.2 Å². The van der Waals surface area contributed by atoms with Crippen LogP contribution in [0.4, 0.5) is 0 Å². The summed E-state index contributed by atoms with van der Waals surface area (Å²) in [5.74, 6) is 0.880. The molecule has 2 N–H and O–H groups in total. The van der Waals surface area contributed by atoms with Crippen LogP contribution < -0.4 is 5.32 Å². The Kier molecular flexibility index (Phi) is 4.58. The lowest BCUT2D eigenvalue weighted by Gasteiger charge is -2.07. The van der Waals surface area contributed by atoms with E-state index in [1.165, 1.54) is 0 Å². The van der Waals surface area contributed by atoms with Crippen LogP contribution in [0.2, 0.25) is 5.02 Å². The Hall–Kier alpha value is -1.81. The number of carbonyl (C=O) groups is 1. The topological polar surface area (TPSA) is 57.8 Å². The molecular weight excluding hydrogens is 262 g/mol. The van der Waals surface area contributed by atoms with Crippen LogP contribution >= 0.6 is 11.6 Å². The molecule has 100 valence electrons. The van der Waals surface area contributed by atoms with Gasteiger partial charge in [0.15, 0.2) is 0 Å². The lowest BCUT2D eigenvalue weighted by Crippen LogP contribution is -2.25. The van der Waals surface area contributed by atoms with E-state index in [1.54, 1.807) is 30.6 Å². The first-order valence-electron chi connectivity index (χ1n) is 6.19. The van der Waals surface area contributed by atoms with E-state index in [0.29, 0.717) is 17.1 Å². The summed E-state index contributed by atoms with van der Waals surface area (Å²) in [4.78, 5) is 19.1. The minimum absolute atomic E-state index is 0.0615. The molecule has 1 aromatic heterocycles. The van der Waals surface area contributed by atoms with Gasteiger partial charge >= 0.3 is 0 Å². The molecule has 0 spiro atoms. The highest BCUT2D eigenvalue weighted by Crippen LogP contribution is 2.14. The number of aromatic nitrogens is 2. The highest BCUT2D eigenvalue weighted by molar-refractivity contribution is 6.30. The Labute approximate surface area is 117 Å². The van der Waals surface area contributed by atoms with Crippen molar-refractivity contribution in [3.63, 3.8) is 0 Å². The van der Waals surface area contributed by atoms with Crippen LogP contribution in [0.15, 0.2) is 30.6 Å². The second-order valence-corrected chi connectivity index (χ2v) is 4.79. The van der Waals surface area contributed by atoms with Gasteiger partial charge in [-0.2, -0.15) is 0 Å². The smallest absolute Gasteiger partial charge is 0.251 e. The third-order valence-corrected chi connectivity index (χ3v) is 3.10. The van der Waals surface area contributed by atoms with Gasteiger partial charge in [0.1, 0.15) is 5.82 Å². The maximum atomic E-state index is 12.0. The molecule has 19 heavy (non-hydrogen) atoms. The highest BCUT2D eigenvalue weighted by atomic mass is 35.5. The van der Waals surface area contributed by atoms with Gasteiger partial charge in [-0.3, -0.25) is 4.79 Å². The van der Waals surface area contributed by atoms with E-state index in [1.807, 2.05) is 6.92 Å². The number of benzene rings is 1. The zero-order chi connectivity index (χ0) is 13.7. The molecular formula is C14H16ClN3O. The van der Waals surface area contributed by atoms with Gasteiger partial charge in [-0.25, -0.2) is 4.98 Å². The number of amides is 1. The van der Waals surface area contributed by atoms with Crippen molar-refractivity contribution in [2.75, 3.05) is 6.54 Å². The molecule has 0 unspecified atom stereocenters. The van der Waals surface area contributed by atoms with E-state index in [4.69, 9.17) is 11.6 Å². The number of carbonyl (C=O) groups excluding carboxylic acids is 1. The standard InChI is InChI=1S/C14H16ClN3O/c1-10-9-11(15)4-5-12(10)14(19)18-6-2-3-13-16-7-8-17-13/h4-5,7-9H,2-3,6H2,1H3,(H,16,17)(H,18,19). The fraction of sp³-hybridized carbons (Fsp3) is 0.286. The van der Waals surface area contributed by atoms with E-state index in [9.17, 15) is 4.79 Å². The van der Waals surface area contributed by atoms with Crippen molar-refractivity contribution in [1.82, 2.24) is 15.3 Å².